The molecular weight excluding hydrogens is 400 g/mol. The summed E-state index contributed by atoms with van der Waals surface area (Å²) in [5.41, 5.74) is 1.75. The molecule has 5 amide bonds. The van der Waals surface area contributed by atoms with Crippen LogP contribution in [0.3, 0.4) is 0 Å². The summed E-state index contributed by atoms with van der Waals surface area (Å²) in [4.78, 5) is 49.6. The highest BCUT2D eigenvalue weighted by Gasteiger charge is 2.37. The second kappa shape index (κ2) is 9.75. The molecule has 0 radical (unpaired) electrons. The minimum atomic E-state index is -0.755. The van der Waals surface area contributed by atoms with E-state index in [2.05, 4.69) is 16.0 Å². The highest BCUT2D eigenvalue weighted by molar-refractivity contribution is 6.04. The van der Waals surface area contributed by atoms with Gasteiger partial charge in [0, 0.05) is 19.0 Å². The molecule has 0 bridgehead atoms. The van der Waals surface area contributed by atoms with Gasteiger partial charge in [0.15, 0.2) is 0 Å². The Hall–Kier alpha value is -3.88. The summed E-state index contributed by atoms with van der Waals surface area (Å²) >= 11 is 0. The van der Waals surface area contributed by atoms with Gasteiger partial charge in [-0.25, -0.2) is 4.79 Å². The molecule has 1 aliphatic rings. The van der Waals surface area contributed by atoms with Gasteiger partial charge in [-0.1, -0.05) is 30.3 Å². The van der Waals surface area contributed by atoms with Gasteiger partial charge >= 0.3 is 6.03 Å². The first-order chi connectivity index (χ1) is 14.9. The van der Waals surface area contributed by atoms with Gasteiger partial charge in [0.25, 0.3) is 5.91 Å². The van der Waals surface area contributed by atoms with Crippen LogP contribution in [-0.4, -0.2) is 41.8 Å². The number of anilines is 2. The molecule has 1 fully saturated rings. The van der Waals surface area contributed by atoms with Crippen molar-refractivity contribution in [2.24, 2.45) is 0 Å². The van der Waals surface area contributed by atoms with E-state index in [9.17, 15) is 19.2 Å². The smallest absolute Gasteiger partial charge is 0.325 e. The number of nitrogens with one attached hydrogen (secondary N) is 3. The van der Waals surface area contributed by atoms with Crippen LogP contribution in [0.4, 0.5) is 16.2 Å². The molecule has 0 aromatic heterocycles. The predicted molar refractivity (Wildman–Crippen MR) is 114 cm³/mol. The van der Waals surface area contributed by atoms with Crippen LogP contribution in [0.2, 0.25) is 0 Å². The summed E-state index contributed by atoms with van der Waals surface area (Å²) in [7, 11) is 1.47. The lowest BCUT2D eigenvalue weighted by atomic mass is 10.1. The third-order valence-electron chi connectivity index (χ3n) is 4.74. The molecule has 0 saturated carbocycles. The molecule has 9 heteroatoms. The summed E-state index contributed by atoms with van der Waals surface area (Å²) in [6, 6.07) is 12.9. The van der Waals surface area contributed by atoms with E-state index < -0.39 is 12.1 Å². The van der Waals surface area contributed by atoms with Crippen molar-refractivity contribution in [1.82, 2.24) is 10.2 Å². The molecule has 0 aliphatic carbocycles. The van der Waals surface area contributed by atoms with Crippen LogP contribution in [0.25, 0.3) is 0 Å². The van der Waals surface area contributed by atoms with Crippen molar-refractivity contribution in [3.05, 3.63) is 54.1 Å². The molecule has 0 spiro atoms. The summed E-state index contributed by atoms with van der Waals surface area (Å²) in [5.74, 6) is -0.506. The zero-order valence-electron chi connectivity index (χ0n) is 17.3. The number of amides is 5. The standard InChI is InChI=1S/C22H24N4O5/c1-14(27)23-16-8-10-19(31-2)18(12-16)24-20(28)11-9-17-21(29)26(22(30)25-17)13-15-6-4-3-5-7-15/h3-8,10,12,17H,9,11,13H2,1-2H3,(H,23,27)(H,24,28)(H,25,30)/t17-/m0/s1. The van der Waals surface area contributed by atoms with Crippen LogP contribution in [0.1, 0.15) is 25.3 Å². The van der Waals surface area contributed by atoms with Crippen LogP contribution in [-0.2, 0) is 20.9 Å². The number of hydrogen-bond donors (Lipinski definition) is 3. The first-order valence-electron chi connectivity index (χ1n) is 9.78. The largest absolute Gasteiger partial charge is 0.495 e. The molecule has 9 nitrogen and oxygen atoms in total. The number of nitrogens with zero attached hydrogens (tertiary/aromatic N) is 1. The van der Waals surface area contributed by atoms with Gasteiger partial charge in [-0.15, -0.1) is 0 Å². The Kier molecular flexibility index (Phi) is 6.86. The zero-order chi connectivity index (χ0) is 22.4. The van der Waals surface area contributed by atoms with Gasteiger partial charge in [-0.2, -0.15) is 0 Å². The van der Waals surface area contributed by atoms with Gasteiger partial charge in [0.1, 0.15) is 11.8 Å². The number of methoxy groups -OCH3 is 1. The minimum absolute atomic E-state index is 0.0172. The maximum absolute atomic E-state index is 12.6. The summed E-state index contributed by atoms with van der Waals surface area (Å²) in [5, 5.41) is 7.99. The third-order valence-corrected chi connectivity index (χ3v) is 4.74. The van der Waals surface area contributed by atoms with E-state index in [1.165, 1.54) is 14.0 Å². The molecule has 3 N–H and O–H groups in total. The lowest BCUT2D eigenvalue weighted by Gasteiger charge is -2.14. The monoisotopic (exact) mass is 424 g/mol. The molecule has 1 atom stereocenters. The Morgan fingerprint density at radius 1 is 1.10 bits per heavy atom. The summed E-state index contributed by atoms with van der Waals surface area (Å²) in [6.07, 6.45) is 0.179. The van der Waals surface area contributed by atoms with E-state index in [1.807, 2.05) is 30.3 Å². The number of hydrogen-bond acceptors (Lipinski definition) is 5. The molecule has 0 unspecified atom stereocenters. The van der Waals surface area contributed by atoms with Crippen molar-refractivity contribution in [2.75, 3.05) is 17.7 Å². The number of ether oxygens (including phenoxy) is 1. The lowest BCUT2D eigenvalue weighted by molar-refractivity contribution is -0.128. The zero-order valence-corrected chi connectivity index (χ0v) is 17.3. The second-order valence-corrected chi connectivity index (χ2v) is 7.10. The Bertz CT molecular complexity index is 993. The Labute approximate surface area is 179 Å². The molecule has 31 heavy (non-hydrogen) atoms. The van der Waals surface area contributed by atoms with E-state index in [4.69, 9.17) is 4.74 Å². The Morgan fingerprint density at radius 2 is 1.84 bits per heavy atom. The summed E-state index contributed by atoms with van der Waals surface area (Å²) in [6.45, 7) is 1.57. The second-order valence-electron chi connectivity index (χ2n) is 7.10. The maximum Gasteiger partial charge on any atom is 0.325 e. The van der Waals surface area contributed by atoms with E-state index >= 15 is 0 Å². The van der Waals surface area contributed by atoms with Crippen molar-refractivity contribution in [1.29, 1.82) is 0 Å². The number of rotatable bonds is 8. The first-order valence-corrected chi connectivity index (χ1v) is 9.78. The van der Waals surface area contributed by atoms with Crippen LogP contribution < -0.4 is 20.7 Å². The maximum atomic E-state index is 12.6. The van der Waals surface area contributed by atoms with E-state index in [0.29, 0.717) is 17.1 Å². The van der Waals surface area contributed by atoms with Gasteiger partial charge in [-0.05, 0) is 30.2 Å². The van der Waals surface area contributed by atoms with Crippen LogP contribution in [0, 0.1) is 0 Å². The first kappa shape index (κ1) is 21.8. The quantitative estimate of drug-likeness (QED) is 0.563. The predicted octanol–water partition coefficient (Wildman–Crippen LogP) is 2.49. The van der Waals surface area contributed by atoms with Gasteiger partial charge in [-0.3, -0.25) is 19.3 Å². The highest BCUT2D eigenvalue weighted by atomic mass is 16.5. The number of imide groups is 1. The van der Waals surface area contributed by atoms with E-state index in [1.54, 1.807) is 18.2 Å². The number of carbonyl (C=O) groups is 4. The van der Waals surface area contributed by atoms with Crippen molar-refractivity contribution in [3.8, 4) is 5.75 Å². The SMILES string of the molecule is COc1ccc(NC(C)=O)cc1NC(=O)CC[C@@H]1NC(=O)N(Cc2ccccc2)C1=O. The third kappa shape index (κ3) is 5.59. The fourth-order valence-corrected chi connectivity index (χ4v) is 3.26. The van der Waals surface area contributed by atoms with Crippen molar-refractivity contribution < 1.29 is 23.9 Å². The minimum Gasteiger partial charge on any atom is -0.495 e. The van der Waals surface area contributed by atoms with Gasteiger partial charge in [0.2, 0.25) is 11.8 Å². The molecule has 3 rings (SSSR count). The molecule has 162 valence electrons. The average molecular weight is 424 g/mol. The molecule has 1 heterocycles. The van der Waals surface area contributed by atoms with Crippen molar-refractivity contribution >= 4 is 35.1 Å². The Morgan fingerprint density at radius 3 is 2.52 bits per heavy atom. The lowest BCUT2D eigenvalue weighted by Crippen LogP contribution is -2.31. The fourth-order valence-electron chi connectivity index (χ4n) is 3.26. The Balaban J connectivity index is 1.58. The molecular formula is C22H24N4O5. The normalized spacial score (nSPS) is 15.4. The average Bonchev–Trinajstić information content (AvgIpc) is 3.00. The van der Waals surface area contributed by atoms with E-state index in [0.717, 1.165) is 10.5 Å². The molecule has 1 aliphatic heterocycles. The summed E-state index contributed by atoms with van der Waals surface area (Å²) < 4.78 is 5.24. The molecule has 2 aromatic carbocycles. The number of benzene rings is 2. The van der Waals surface area contributed by atoms with Crippen molar-refractivity contribution in [2.45, 2.75) is 32.4 Å². The molecule has 1 saturated heterocycles. The highest BCUT2D eigenvalue weighted by Crippen LogP contribution is 2.28. The number of urea groups is 1. The fraction of sp³-hybridized carbons (Fsp3) is 0.273. The van der Waals surface area contributed by atoms with Gasteiger partial charge in [0.05, 0.1) is 19.3 Å². The van der Waals surface area contributed by atoms with Crippen LogP contribution >= 0.6 is 0 Å². The van der Waals surface area contributed by atoms with Crippen LogP contribution in [0.5, 0.6) is 5.75 Å². The van der Waals surface area contributed by atoms with E-state index in [-0.39, 0.29) is 37.1 Å². The molecule has 2 aromatic rings. The number of carbonyl (C=O) groups excluding carboxylic acids is 4. The van der Waals surface area contributed by atoms with Crippen LogP contribution in [0.15, 0.2) is 48.5 Å². The topological polar surface area (TPSA) is 117 Å². The van der Waals surface area contributed by atoms with Crippen molar-refractivity contribution in [3.63, 3.8) is 0 Å². The van der Waals surface area contributed by atoms with Gasteiger partial charge < -0.3 is 20.7 Å².